The molecule has 1 N–H and O–H groups in total. The smallest absolute Gasteiger partial charge is 0.0805 e. The van der Waals surface area contributed by atoms with Crippen LogP contribution in [-0.2, 0) is 0 Å². The van der Waals surface area contributed by atoms with Crippen molar-refractivity contribution in [3.63, 3.8) is 0 Å². The Bertz CT molecular complexity index is 177. The number of hydrogen-bond donors (Lipinski definition) is 1. The van der Waals surface area contributed by atoms with Crippen LogP contribution in [0.2, 0.25) is 0 Å². The lowest BCUT2D eigenvalue weighted by Gasteiger charge is -2.35. The summed E-state index contributed by atoms with van der Waals surface area (Å²) in [6, 6.07) is 2.21. The lowest BCUT2D eigenvalue weighted by molar-refractivity contribution is -0.0315. The zero-order valence-electron chi connectivity index (χ0n) is 7.71. The fourth-order valence-corrected chi connectivity index (χ4v) is 2.10. The van der Waals surface area contributed by atoms with Gasteiger partial charge in [0.25, 0.3) is 0 Å². The molecule has 12 heavy (non-hydrogen) atoms. The SMILES string of the molecule is CCC(C#N)C1(O)CCCCC1. The van der Waals surface area contributed by atoms with Crippen molar-refractivity contribution in [3.05, 3.63) is 0 Å². The molecule has 0 aromatic rings. The van der Waals surface area contributed by atoms with Crippen LogP contribution in [0.25, 0.3) is 0 Å². The van der Waals surface area contributed by atoms with Gasteiger partial charge >= 0.3 is 0 Å². The molecule has 2 heteroatoms. The zero-order valence-corrected chi connectivity index (χ0v) is 7.71. The van der Waals surface area contributed by atoms with E-state index in [1.807, 2.05) is 6.92 Å². The quantitative estimate of drug-likeness (QED) is 0.685. The molecule has 1 saturated carbocycles. The van der Waals surface area contributed by atoms with Gasteiger partial charge in [0.1, 0.15) is 0 Å². The van der Waals surface area contributed by atoms with E-state index in [4.69, 9.17) is 5.26 Å². The van der Waals surface area contributed by atoms with Gasteiger partial charge in [-0.3, -0.25) is 0 Å². The molecule has 0 radical (unpaired) electrons. The average molecular weight is 167 g/mol. The minimum atomic E-state index is -0.665. The predicted octanol–water partition coefficient (Wildman–Crippen LogP) is 2.23. The van der Waals surface area contributed by atoms with Crippen LogP contribution < -0.4 is 0 Å². The molecule has 1 aliphatic carbocycles. The normalized spacial score (nSPS) is 24.4. The van der Waals surface area contributed by atoms with Gasteiger partial charge in [-0.15, -0.1) is 0 Å². The predicted molar refractivity (Wildman–Crippen MR) is 47.4 cm³/mol. The summed E-state index contributed by atoms with van der Waals surface area (Å²) in [7, 11) is 0. The molecule has 0 aromatic carbocycles. The van der Waals surface area contributed by atoms with Crippen molar-refractivity contribution in [2.45, 2.75) is 51.0 Å². The zero-order chi connectivity index (χ0) is 9.03. The first-order valence-corrected chi connectivity index (χ1v) is 4.85. The summed E-state index contributed by atoms with van der Waals surface area (Å²) in [6.45, 7) is 1.97. The van der Waals surface area contributed by atoms with Gasteiger partial charge < -0.3 is 5.11 Å². The van der Waals surface area contributed by atoms with Gasteiger partial charge in [-0.25, -0.2) is 0 Å². The number of nitriles is 1. The Morgan fingerprint density at radius 2 is 2.00 bits per heavy atom. The van der Waals surface area contributed by atoms with E-state index >= 15 is 0 Å². The Labute approximate surface area is 74.2 Å². The lowest BCUT2D eigenvalue weighted by Crippen LogP contribution is -2.38. The second-order valence-electron chi connectivity index (χ2n) is 3.75. The van der Waals surface area contributed by atoms with Gasteiger partial charge in [0.15, 0.2) is 0 Å². The number of nitrogens with zero attached hydrogens (tertiary/aromatic N) is 1. The molecule has 2 nitrogen and oxygen atoms in total. The van der Waals surface area contributed by atoms with Crippen molar-refractivity contribution >= 4 is 0 Å². The fraction of sp³-hybridized carbons (Fsp3) is 0.900. The van der Waals surface area contributed by atoms with Gasteiger partial charge in [0.2, 0.25) is 0 Å². The van der Waals surface area contributed by atoms with E-state index in [1.165, 1.54) is 6.42 Å². The van der Waals surface area contributed by atoms with Crippen molar-refractivity contribution in [2.75, 3.05) is 0 Å². The molecule has 0 aliphatic heterocycles. The molecule has 0 bridgehead atoms. The minimum absolute atomic E-state index is 0.155. The molecule has 1 fully saturated rings. The molecular formula is C10H17NO. The van der Waals surface area contributed by atoms with Crippen LogP contribution in [0, 0.1) is 17.2 Å². The first-order chi connectivity index (χ1) is 5.73. The maximum atomic E-state index is 10.1. The van der Waals surface area contributed by atoms with Crippen LogP contribution in [0.4, 0.5) is 0 Å². The van der Waals surface area contributed by atoms with Crippen LogP contribution >= 0.6 is 0 Å². The highest BCUT2D eigenvalue weighted by Crippen LogP contribution is 2.35. The molecule has 0 saturated heterocycles. The Balaban J connectivity index is 2.61. The van der Waals surface area contributed by atoms with Crippen LogP contribution in [0.1, 0.15) is 45.4 Å². The minimum Gasteiger partial charge on any atom is -0.389 e. The standard InChI is InChI=1S/C10H17NO/c1-2-9(8-11)10(12)6-4-3-5-7-10/h9,12H,2-7H2,1H3. The second-order valence-corrected chi connectivity index (χ2v) is 3.75. The maximum absolute atomic E-state index is 10.1. The van der Waals surface area contributed by atoms with Crippen molar-refractivity contribution in [2.24, 2.45) is 5.92 Å². The van der Waals surface area contributed by atoms with E-state index in [0.29, 0.717) is 0 Å². The van der Waals surface area contributed by atoms with Gasteiger partial charge in [0.05, 0.1) is 17.6 Å². The van der Waals surface area contributed by atoms with E-state index < -0.39 is 5.60 Å². The van der Waals surface area contributed by atoms with Gasteiger partial charge in [-0.2, -0.15) is 5.26 Å². The first kappa shape index (κ1) is 9.54. The molecule has 1 atom stereocenters. The van der Waals surface area contributed by atoms with E-state index in [9.17, 15) is 5.11 Å². The van der Waals surface area contributed by atoms with Crippen molar-refractivity contribution in [1.29, 1.82) is 5.26 Å². The van der Waals surface area contributed by atoms with E-state index in [0.717, 1.165) is 32.1 Å². The monoisotopic (exact) mass is 167 g/mol. The van der Waals surface area contributed by atoms with Crippen LogP contribution in [0.3, 0.4) is 0 Å². The Morgan fingerprint density at radius 1 is 1.42 bits per heavy atom. The van der Waals surface area contributed by atoms with Gasteiger partial charge in [-0.05, 0) is 19.3 Å². The number of aliphatic hydroxyl groups is 1. The molecule has 0 spiro atoms. The molecule has 0 amide bonds. The van der Waals surface area contributed by atoms with Crippen LogP contribution in [-0.4, -0.2) is 10.7 Å². The summed E-state index contributed by atoms with van der Waals surface area (Å²) in [5.74, 6) is -0.155. The highest BCUT2D eigenvalue weighted by molar-refractivity contribution is 4.99. The Morgan fingerprint density at radius 3 is 2.42 bits per heavy atom. The van der Waals surface area contributed by atoms with Crippen LogP contribution in [0.15, 0.2) is 0 Å². The van der Waals surface area contributed by atoms with E-state index in [2.05, 4.69) is 6.07 Å². The largest absolute Gasteiger partial charge is 0.389 e. The van der Waals surface area contributed by atoms with Crippen molar-refractivity contribution in [1.82, 2.24) is 0 Å². The van der Waals surface area contributed by atoms with Crippen molar-refractivity contribution in [3.8, 4) is 6.07 Å². The molecule has 1 rings (SSSR count). The molecule has 68 valence electrons. The lowest BCUT2D eigenvalue weighted by atomic mass is 9.75. The molecule has 1 aliphatic rings. The maximum Gasteiger partial charge on any atom is 0.0805 e. The van der Waals surface area contributed by atoms with Gasteiger partial charge in [-0.1, -0.05) is 26.2 Å². The highest BCUT2D eigenvalue weighted by Gasteiger charge is 2.36. The van der Waals surface area contributed by atoms with Crippen molar-refractivity contribution < 1.29 is 5.11 Å². The second kappa shape index (κ2) is 3.91. The average Bonchev–Trinajstić information content (AvgIpc) is 2.07. The van der Waals surface area contributed by atoms with Gasteiger partial charge in [0, 0.05) is 0 Å². The fourth-order valence-electron chi connectivity index (χ4n) is 2.10. The summed E-state index contributed by atoms with van der Waals surface area (Å²) in [5, 5.41) is 18.9. The number of rotatable bonds is 2. The van der Waals surface area contributed by atoms with Crippen LogP contribution in [0.5, 0.6) is 0 Å². The molecular weight excluding hydrogens is 150 g/mol. The molecule has 0 heterocycles. The topological polar surface area (TPSA) is 44.0 Å². The molecule has 1 unspecified atom stereocenters. The van der Waals surface area contributed by atoms with E-state index in [-0.39, 0.29) is 5.92 Å². The summed E-state index contributed by atoms with van der Waals surface area (Å²) >= 11 is 0. The third-order valence-electron chi connectivity index (χ3n) is 2.93. The third-order valence-corrected chi connectivity index (χ3v) is 2.93. The number of hydrogen-bond acceptors (Lipinski definition) is 2. The molecule has 0 aromatic heterocycles. The first-order valence-electron chi connectivity index (χ1n) is 4.85. The summed E-state index contributed by atoms with van der Waals surface area (Å²) in [6.07, 6.45) is 5.78. The summed E-state index contributed by atoms with van der Waals surface area (Å²) in [5.41, 5.74) is -0.665. The summed E-state index contributed by atoms with van der Waals surface area (Å²) in [4.78, 5) is 0. The highest BCUT2D eigenvalue weighted by atomic mass is 16.3. The Hall–Kier alpha value is -0.550. The summed E-state index contributed by atoms with van der Waals surface area (Å²) < 4.78 is 0. The van der Waals surface area contributed by atoms with E-state index in [1.54, 1.807) is 0 Å². The Kier molecular flexibility index (Phi) is 3.11. The third kappa shape index (κ3) is 1.78.